The largest absolute Gasteiger partial charge is 0.412 e. The third-order valence-corrected chi connectivity index (χ3v) is 5.17. The Kier molecular flexibility index (Phi) is 6.08. The van der Waals surface area contributed by atoms with Crippen LogP contribution in [0, 0.1) is 0 Å². The number of aliphatic hydroxyl groups excluding tert-OH is 1. The number of nitrogens with zero attached hydrogens (tertiary/aromatic N) is 3. The van der Waals surface area contributed by atoms with E-state index in [0.717, 1.165) is 34.2 Å². The van der Waals surface area contributed by atoms with Gasteiger partial charge in [-0.25, -0.2) is 0 Å². The number of rotatable bonds is 5. The fraction of sp³-hybridized carbons (Fsp3) is 0.647. The predicted molar refractivity (Wildman–Crippen MR) is 94.9 cm³/mol. The Morgan fingerprint density at radius 1 is 1.25 bits per heavy atom. The molecule has 1 aliphatic carbocycles. The Balaban J connectivity index is 0.00000208. The first-order valence-electron chi connectivity index (χ1n) is 8.35. The Morgan fingerprint density at radius 2 is 1.96 bits per heavy atom. The van der Waals surface area contributed by atoms with Crippen LogP contribution in [0.1, 0.15) is 50.7 Å². The Hall–Kier alpha value is -0.942. The first-order valence-corrected chi connectivity index (χ1v) is 9.29. The fourth-order valence-corrected chi connectivity index (χ4v) is 4.15. The van der Waals surface area contributed by atoms with Crippen molar-refractivity contribution in [3.8, 4) is 0 Å². The molecule has 2 radical (unpaired) electrons. The Bertz CT molecular complexity index is 728. The van der Waals surface area contributed by atoms with E-state index in [9.17, 15) is 5.11 Å². The topological polar surface area (TPSA) is 91.7 Å². The van der Waals surface area contributed by atoms with Gasteiger partial charge in [-0.1, -0.05) is 0 Å². The van der Waals surface area contributed by atoms with Crippen LogP contribution in [0.25, 0.3) is 11.0 Å². The minimum atomic E-state index is -0.496. The minimum Gasteiger partial charge on any atom is -0.412 e. The molecule has 3 rings (SSSR count). The van der Waals surface area contributed by atoms with Gasteiger partial charge < -0.3 is 5.48 Å². The summed E-state index contributed by atoms with van der Waals surface area (Å²) in [5, 5.41) is 9.58. The van der Waals surface area contributed by atoms with Crippen LogP contribution in [-0.2, 0) is 29.7 Å². The molecular weight excluding hydrogens is 369 g/mol. The molecule has 0 aromatic carbocycles. The molecule has 2 aromatic heterocycles. The summed E-state index contributed by atoms with van der Waals surface area (Å²) in [6.45, 7) is 7.31. The summed E-state index contributed by atoms with van der Waals surface area (Å²) in [5.41, 5.74) is 4.08. The van der Waals surface area contributed by atoms with Gasteiger partial charge in [0.2, 0.25) is 0 Å². The summed E-state index contributed by atoms with van der Waals surface area (Å²) in [5.74, 6) is 0.872. The van der Waals surface area contributed by atoms with Gasteiger partial charge in [0.15, 0.2) is 0 Å². The van der Waals surface area contributed by atoms with Crippen molar-refractivity contribution in [3.05, 3.63) is 17.1 Å². The molecule has 0 spiro atoms. The van der Waals surface area contributed by atoms with Crippen molar-refractivity contribution in [2.45, 2.75) is 58.6 Å². The maximum Gasteiger partial charge on any atom is -0.412 e. The van der Waals surface area contributed by atoms with Gasteiger partial charge in [-0.15, -0.1) is 0 Å². The third-order valence-electron chi connectivity index (χ3n) is 4.51. The van der Waals surface area contributed by atoms with Gasteiger partial charge in [0.05, 0.1) is 0 Å². The standard InChI is InChI=1S/C17H24AsN3O2.H2O/c1-4-23-17(2,3)16-20-13-14(21(16)9-10-22)11-7-5-6-8-12(11)19-15(13)18;/h22H,4-10H2,1-3H3;1H2. The second-order valence-corrected chi connectivity index (χ2v) is 7.41. The average Bonchev–Trinajstić information content (AvgIpc) is 2.89. The number of hydrogen-bond acceptors (Lipinski definition) is 4. The van der Waals surface area contributed by atoms with Gasteiger partial charge in [0.1, 0.15) is 0 Å². The summed E-state index contributed by atoms with van der Waals surface area (Å²) in [6, 6.07) is 0. The van der Waals surface area contributed by atoms with Crippen LogP contribution < -0.4 is 4.48 Å². The van der Waals surface area contributed by atoms with E-state index in [1.807, 2.05) is 20.8 Å². The average molecular weight is 395 g/mol. The summed E-state index contributed by atoms with van der Waals surface area (Å²) in [4.78, 5) is 9.66. The maximum atomic E-state index is 9.58. The van der Waals surface area contributed by atoms with Crippen molar-refractivity contribution >= 4 is 32.4 Å². The van der Waals surface area contributed by atoms with Crippen LogP contribution in [0.4, 0.5) is 0 Å². The number of aliphatic hydroxyl groups is 1. The van der Waals surface area contributed by atoms with E-state index in [4.69, 9.17) is 14.7 Å². The van der Waals surface area contributed by atoms with E-state index < -0.39 is 5.60 Å². The molecule has 0 fully saturated rings. The van der Waals surface area contributed by atoms with Gasteiger partial charge in [0, 0.05) is 0 Å². The molecule has 3 N–H and O–H groups in total. The molecule has 0 amide bonds. The number of aromatic nitrogens is 3. The first kappa shape index (κ1) is 19.4. The van der Waals surface area contributed by atoms with Crippen LogP contribution in [0.3, 0.4) is 0 Å². The molecule has 0 saturated carbocycles. The summed E-state index contributed by atoms with van der Waals surface area (Å²) >= 11 is 2.55. The van der Waals surface area contributed by atoms with E-state index in [-0.39, 0.29) is 12.1 Å². The number of fused-ring (bicyclic) bond motifs is 3. The van der Waals surface area contributed by atoms with Gasteiger partial charge in [-0.3, -0.25) is 0 Å². The van der Waals surface area contributed by atoms with E-state index in [2.05, 4.69) is 21.4 Å². The molecule has 0 saturated heterocycles. The number of pyridine rings is 1. The Morgan fingerprint density at radius 3 is 2.62 bits per heavy atom. The van der Waals surface area contributed by atoms with Crippen molar-refractivity contribution in [3.63, 3.8) is 0 Å². The third kappa shape index (κ3) is 3.25. The van der Waals surface area contributed by atoms with Crippen LogP contribution in [0.2, 0.25) is 0 Å². The smallest absolute Gasteiger partial charge is 0.412 e. The van der Waals surface area contributed by atoms with Crippen molar-refractivity contribution < 1.29 is 15.3 Å². The van der Waals surface area contributed by atoms with Crippen LogP contribution in [-0.4, -0.2) is 55.2 Å². The van der Waals surface area contributed by atoms with Crippen LogP contribution in [0.5, 0.6) is 0 Å². The van der Waals surface area contributed by atoms with Gasteiger partial charge in [0.25, 0.3) is 0 Å². The van der Waals surface area contributed by atoms with Crippen LogP contribution >= 0.6 is 0 Å². The van der Waals surface area contributed by atoms with Gasteiger partial charge in [-0.2, -0.15) is 0 Å². The van der Waals surface area contributed by atoms with Crippen molar-refractivity contribution in [1.82, 2.24) is 14.5 Å². The molecule has 7 heteroatoms. The van der Waals surface area contributed by atoms with Crippen LogP contribution in [0.15, 0.2) is 0 Å². The predicted octanol–water partition coefficient (Wildman–Crippen LogP) is 0.543. The minimum absolute atomic E-state index is 0. The van der Waals surface area contributed by atoms with Gasteiger partial charge >= 0.3 is 146 Å². The summed E-state index contributed by atoms with van der Waals surface area (Å²) in [7, 11) is 0. The molecule has 24 heavy (non-hydrogen) atoms. The van der Waals surface area contributed by atoms with E-state index in [0.29, 0.717) is 13.2 Å². The zero-order chi connectivity index (χ0) is 16.6. The Labute approximate surface area is 151 Å². The molecule has 0 bridgehead atoms. The monoisotopic (exact) mass is 395 g/mol. The molecule has 0 aliphatic heterocycles. The molecule has 1 aliphatic rings. The summed E-state index contributed by atoms with van der Waals surface area (Å²) in [6.07, 6.45) is 4.46. The van der Waals surface area contributed by atoms with E-state index >= 15 is 0 Å². The summed E-state index contributed by atoms with van der Waals surface area (Å²) < 4.78 is 8.99. The van der Waals surface area contributed by atoms with E-state index in [1.54, 1.807) is 0 Å². The number of imidazole rings is 1. The first-order chi connectivity index (χ1) is 11.0. The molecule has 132 valence electrons. The molecule has 2 heterocycles. The normalized spacial score (nSPS) is 14.5. The van der Waals surface area contributed by atoms with Crippen molar-refractivity contribution in [2.75, 3.05) is 13.2 Å². The van der Waals surface area contributed by atoms with Crippen molar-refractivity contribution in [2.24, 2.45) is 0 Å². The number of aryl methyl sites for hydroxylation is 2. The quantitative estimate of drug-likeness (QED) is 0.749. The number of ether oxygens (including phenoxy) is 1. The molecule has 6 nitrogen and oxygen atoms in total. The van der Waals surface area contributed by atoms with Crippen molar-refractivity contribution in [1.29, 1.82) is 0 Å². The van der Waals surface area contributed by atoms with E-state index in [1.165, 1.54) is 24.1 Å². The maximum absolute atomic E-state index is 9.58. The zero-order valence-electron chi connectivity index (χ0n) is 14.6. The SMILES string of the molecule is CCOC(C)(C)c1nc2c([As])nc3c(c2n1CCO)CCCC3.O. The fourth-order valence-electron chi connectivity index (χ4n) is 3.57. The second kappa shape index (κ2) is 7.52. The molecule has 0 atom stereocenters. The zero-order valence-corrected chi connectivity index (χ0v) is 16.5. The number of hydrogen-bond donors (Lipinski definition) is 1. The second-order valence-electron chi connectivity index (χ2n) is 6.52. The van der Waals surface area contributed by atoms with Gasteiger partial charge in [-0.05, 0) is 0 Å². The molecular formula is C17H26AsN3O3. The molecule has 0 unspecified atom stereocenters. The molecule has 2 aromatic rings.